The van der Waals surface area contributed by atoms with Gasteiger partial charge >= 0.3 is 0 Å². The van der Waals surface area contributed by atoms with Crippen molar-refractivity contribution in [1.29, 1.82) is 0 Å². The fraction of sp³-hybridized carbons (Fsp3) is 0.125. The maximum atomic E-state index is 11.4. The fourth-order valence-corrected chi connectivity index (χ4v) is 3.31. The molecule has 1 unspecified atom stereocenters. The maximum Gasteiger partial charge on any atom is 0.166 e. The van der Waals surface area contributed by atoms with Gasteiger partial charge in [-0.05, 0) is 29.8 Å². The number of H-pyrrole nitrogens is 1. The SMILES string of the molecule is CS(=O)c1ccc(CSc2ncc(-c3ccncc3)[nH]2)cc1. The van der Waals surface area contributed by atoms with Crippen molar-refractivity contribution in [3.63, 3.8) is 0 Å². The molecule has 112 valence electrons. The van der Waals surface area contributed by atoms with E-state index in [0.29, 0.717) is 0 Å². The zero-order valence-electron chi connectivity index (χ0n) is 12.0. The number of imidazole rings is 1. The lowest BCUT2D eigenvalue weighted by molar-refractivity contribution is 0.687. The first-order valence-corrected chi connectivity index (χ1v) is 9.27. The number of rotatable bonds is 5. The van der Waals surface area contributed by atoms with E-state index in [0.717, 1.165) is 27.1 Å². The number of hydrogen-bond donors (Lipinski definition) is 1. The van der Waals surface area contributed by atoms with E-state index in [9.17, 15) is 4.21 Å². The van der Waals surface area contributed by atoms with E-state index in [-0.39, 0.29) is 0 Å². The second kappa shape index (κ2) is 6.89. The first-order valence-electron chi connectivity index (χ1n) is 6.73. The van der Waals surface area contributed by atoms with Gasteiger partial charge in [-0.1, -0.05) is 23.9 Å². The van der Waals surface area contributed by atoms with Crippen LogP contribution in [0.1, 0.15) is 5.56 Å². The van der Waals surface area contributed by atoms with Gasteiger partial charge in [-0.3, -0.25) is 9.19 Å². The Kier molecular flexibility index (Phi) is 4.70. The number of thioether (sulfide) groups is 1. The molecule has 0 saturated carbocycles. The fourth-order valence-electron chi connectivity index (χ4n) is 1.98. The Morgan fingerprint density at radius 1 is 1.14 bits per heavy atom. The van der Waals surface area contributed by atoms with Crippen LogP contribution in [0.2, 0.25) is 0 Å². The maximum absolute atomic E-state index is 11.4. The van der Waals surface area contributed by atoms with Gasteiger partial charge in [-0.2, -0.15) is 0 Å². The number of nitrogens with one attached hydrogen (secondary N) is 1. The van der Waals surface area contributed by atoms with E-state index in [2.05, 4.69) is 15.0 Å². The molecule has 0 aliphatic rings. The van der Waals surface area contributed by atoms with Gasteiger partial charge in [0.1, 0.15) is 0 Å². The molecule has 0 fully saturated rings. The standard InChI is InChI=1S/C16H15N3OS2/c1-22(20)14-4-2-12(3-5-14)11-21-16-18-10-15(19-16)13-6-8-17-9-7-13/h2-10H,11H2,1H3,(H,18,19). The molecule has 1 aromatic carbocycles. The third kappa shape index (κ3) is 3.64. The predicted octanol–water partition coefficient (Wildman–Crippen LogP) is 3.50. The molecule has 2 heterocycles. The van der Waals surface area contributed by atoms with E-state index in [4.69, 9.17) is 0 Å². The Bertz CT molecular complexity index is 770. The van der Waals surface area contributed by atoms with Crippen molar-refractivity contribution in [2.45, 2.75) is 15.8 Å². The molecule has 22 heavy (non-hydrogen) atoms. The molecule has 0 aliphatic carbocycles. The van der Waals surface area contributed by atoms with Gasteiger partial charge in [-0.15, -0.1) is 0 Å². The number of nitrogens with zero attached hydrogens (tertiary/aromatic N) is 2. The van der Waals surface area contributed by atoms with Crippen LogP contribution in [-0.2, 0) is 16.6 Å². The highest BCUT2D eigenvalue weighted by molar-refractivity contribution is 7.98. The molecule has 0 spiro atoms. The number of benzene rings is 1. The summed E-state index contributed by atoms with van der Waals surface area (Å²) >= 11 is 1.65. The molecule has 4 nitrogen and oxygen atoms in total. The molecule has 3 rings (SSSR count). The smallest absolute Gasteiger partial charge is 0.166 e. The zero-order chi connectivity index (χ0) is 15.4. The zero-order valence-corrected chi connectivity index (χ0v) is 13.7. The van der Waals surface area contributed by atoms with Gasteiger partial charge in [0.15, 0.2) is 5.16 Å². The molecule has 3 aromatic rings. The third-order valence-electron chi connectivity index (χ3n) is 3.17. The van der Waals surface area contributed by atoms with Crippen LogP contribution < -0.4 is 0 Å². The minimum absolute atomic E-state index is 0.819. The van der Waals surface area contributed by atoms with Crippen LogP contribution in [0.5, 0.6) is 0 Å². The van der Waals surface area contributed by atoms with Gasteiger partial charge in [0.05, 0.1) is 11.9 Å². The van der Waals surface area contributed by atoms with Gasteiger partial charge in [0.25, 0.3) is 0 Å². The summed E-state index contributed by atoms with van der Waals surface area (Å²) in [6.07, 6.45) is 7.05. The average molecular weight is 329 g/mol. The summed E-state index contributed by atoms with van der Waals surface area (Å²) in [6, 6.07) is 11.7. The van der Waals surface area contributed by atoms with Crippen LogP contribution in [-0.4, -0.2) is 25.4 Å². The summed E-state index contributed by atoms with van der Waals surface area (Å²) in [7, 11) is -0.925. The second-order valence-corrected chi connectivity index (χ2v) is 7.07. The number of hydrogen-bond acceptors (Lipinski definition) is 4. The highest BCUT2D eigenvalue weighted by Crippen LogP contribution is 2.24. The Labute approximate surface area is 135 Å². The highest BCUT2D eigenvalue weighted by Gasteiger charge is 2.04. The Morgan fingerprint density at radius 3 is 2.55 bits per heavy atom. The topological polar surface area (TPSA) is 58.6 Å². The molecule has 2 aromatic heterocycles. The summed E-state index contributed by atoms with van der Waals surface area (Å²) in [5, 5.41) is 0.884. The first kappa shape index (κ1) is 15.0. The van der Waals surface area contributed by atoms with Gasteiger partial charge in [0.2, 0.25) is 0 Å². The number of aromatic amines is 1. The molecule has 0 radical (unpaired) electrons. The molecule has 6 heteroatoms. The van der Waals surface area contributed by atoms with Crippen LogP contribution in [0.15, 0.2) is 65.0 Å². The van der Waals surface area contributed by atoms with Crippen LogP contribution in [0.3, 0.4) is 0 Å². The van der Waals surface area contributed by atoms with Gasteiger partial charge < -0.3 is 4.98 Å². The Balaban J connectivity index is 1.65. The minimum atomic E-state index is -0.925. The van der Waals surface area contributed by atoms with E-state index in [1.54, 1.807) is 30.4 Å². The lowest BCUT2D eigenvalue weighted by atomic mass is 10.2. The average Bonchev–Trinajstić information content (AvgIpc) is 3.03. The van der Waals surface area contributed by atoms with Gasteiger partial charge in [0, 0.05) is 45.7 Å². The summed E-state index contributed by atoms with van der Waals surface area (Å²) in [4.78, 5) is 12.6. The summed E-state index contributed by atoms with van der Waals surface area (Å²) in [6.45, 7) is 0. The van der Waals surface area contributed by atoms with Crippen molar-refractivity contribution in [2.24, 2.45) is 0 Å². The Morgan fingerprint density at radius 2 is 1.86 bits per heavy atom. The quantitative estimate of drug-likeness (QED) is 0.728. The van der Waals surface area contributed by atoms with Crippen molar-refractivity contribution >= 4 is 22.6 Å². The van der Waals surface area contributed by atoms with E-state index in [1.165, 1.54) is 5.56 Å². The van der Waals surface area contributed by atoms with Crippen LogP contribution in [0, 0.1) is 0 Å². The van der Waals surface area contributed by atoms with Crippen LogP contribution >= 0.6 is 11.8 Å². The molecule has 0 bridgehead atoms. The molecular formula is C16H15N3OS2. The van der Waals surface area contributed by atoms with Crippen LogP contribution in [0.25, 0.3) is 11.3 Å². The number of pyridine rings is 1. The van der Waals surface area contributed by atoms with E-state index in [1.807, 2.05) is 42.6 Å². The molecule has 0 amide bonds. The molecule has 1 N–H and O–H groups in total. The molecule has 0 saturated heterocycles. The monoisotopic (exact) mass is 329 g/mol. The summed E-state index contributed by atoms with van der Waals surface area (Å²) in [5.74, 6) is 0.819. The van der Waals surface area contributed by atoms with E-state index >= 15 is 0 Å². The second-order valence-electron chi connectivity index (χ2n) is 4.72. The van der Waals surface area contributed by atoms with Crippen molar-refractivity contribution in [3.05, 3.63) is 60.6 Å². The third-order valence-corrected chi connectivity index (χ3v) is 5.07. The molecule has 1 atom stereocenters. The predicted molar refractivity (Wildman–Crippen MR) is 90.2 cm³/mol. The van der Waals surface area contributed by atoms with Crippen molar-refractivity contribution in [1.82, 2.24) is 15.0 Å². The Hall–Kier alpha value is -1.92. The first-order chi connectivity index (χ1) is 10.7. The largest absolute Gasteiger partial charge is 0.333 e. The summed E-state index contributed by atoms with van der Waals surface area (Å²) in [5.41, 5.74) is 3.24. The number of aromatic nitrogens is 3. The normalized spacial score (nSPS) is 12.2. The summed E-state index contributed by atoms with van der Waals surface area (Å²) < 4.78 is 11.4. The molecule has 0 aliphatic heterocycles. The minimum Gasteiger partial charge on any atom is -0.333 e. The van der Waals surface area contributed by atoms with Crippen molar-refractivity contribution in [3.8, 4) is 11.3 Å². The highest BCUT2D eigenvalue weighted by atomic mass is 32.2. The molecular weight excluding hydrogens is 314 g/mol. The van der Waals surface area contributed by atoms with Crippen molar-refractivity contribution in [2.75, 3.05) is 6.26 Å². The van der Waals surface area contributed by atoms with Gasteiger partial charge in [-0.25, -0.2) is 4.98 Å². The lowest BCUT2D eigenvalue weighted by Gasteiger charge is -2.01. The lowest BCUT2D eigenvalue weighted by Crippen LogP contribution is -1.88. The van der Waals surface area contributed by atoms with E-state index < -0.39 is 10.8 Å². The van der Waals surface area contributed by atoms with Crippen LogP contribution in [0.4, 0.5) is 0 Å². The van der Waals surface area contributed by atoms with Crippen molar-refractivity contribution < 1.29 is 4.21 Å².